The van der Waals surface area contributed by atoms with Crippen LogP contribution >= 0.6 is 0 Å². The number of carbonyl (C=O) groups is 1. The smallest absolute Gasteiger partial charge is 0.280 e. The van der Waals surface area contributed by atoms with Gasteiger partial charge in [-0.2, -0.15) is 10.2 Å². The maximum Gasteiger partial charge on any atom is 0.280 e. The van der Waals surface area contributed by atoms with Crippen LogP contribution in [0.4, 0.5) is 0 Å². The van der Waals surface area contributed by atoms with Gasteiger partial charge in [-0.3, -0.25) is 4.79 Å². The first-order valence-electron chi connectivity index (χ1n) is 9.82. The topological polar surface area (TPSA) is 114 Å². The van der Waals surface area contributed by atoms with Gasteiger partial charge >= 0.3 is 0 Å². The second-order valence-corrected chi connectivity index (χ2v) is 7.26. The van der Waals surface area contributed by atoms with Crippen LogP contribution < -0.4 is 0 Å². The van der Waals surface area contributed by atoms with Crippen molar-refractivity contribution in [2.45, 2.75) is 12.5 Å². The minimum Gasteiger partial charge on any atom is -0.336 e. The Morgan fingerprint density at radius 3 is 2.87 bits per heavy atom. The highest BCUT2D eigenvalue weighted by Gasteiger charge is 2.29. The fourth-order valence-electron chi connectivity index (χ4n) is 3.63. The van der Waals surface area contributed by atoms with E-state index in [-0.39, 0.29) is 11.9 Å². The van der Waals surface area contributed by atoms with Crippen molar-refractivity contribution in [3.8, 4) is 29.0 Å². The second-order valence-electron chi connectivity index (χ2n) is 7.26. The van der Waals surface area contributed by atoms with Gasteiger partial charge in [0.15, 0.2) is 5.69 Å². The Morgan fingerprint density at radius 2 is 2.03 bits per heavy atom. The van der Waals surface area contributed by atoms with Gasteiger partial charge in [-0.05, 0) is 24.6 Å². The van der Waals surface area contributed by atoms with Crippen molar-refractivity contribution in [1.29, 1.82) is 5.26 Å². The molecule has 3 heterocycles. The Bertz CT molecular complexity index is 1270. The fraction of sp³-hybridized carbons (Fsp3) is 0.182. The van der Waals surface area contributed by atoms with E-state index in [1.54, 1.807) is 40.0 Å². The van der Waals surface area contributed by atoms with Crippen LogP contribution in [0.5, 0.6) is 0 Å². The largest absolute Gasteiger partial charge is 0.336 e. The second kappa shape index (κ2) is 7.84. The Hall–Kier alpha value is -4.32. The molecule has 0 aliphatic carbocycles. The van der Waals surface area contributed by atoms with E-state index in [0.29, 0.717) is 41.6 Å². The molecule has 152 valence electrons. The molecule has 0 saturated carbocycles. The number of aromatic nitrogens is 5. The lowest BCUT2D eigenvalue weighted by Crippen LogP contribution is -2.29. The van der Waals surface area contributed by atoms with Crippen molar-refractivity contribution in [2.24, 2.45) is 0 Å². The van der Waals surface area contributed by atoms with Crippen LogP contribution in [0.3, 0.4) is 0 Å². The van der Waals surface area contributed by atoms with Crippen molar-refractivity contribution in [2.75, 3.05) is 13.1 Å². The number of carbonyl (C=O) groups excluding carboxylic acids is 1. The number of nitrogens with zero attached hydrogens (tertiary/aromatic N) is 7. The molecule has 9 heteroatoms. The lowest BCUT2D eigenvalue weighted by Gasteiger charge is -2.16. The quantitative estimate of drug-likeness (QED) is 0.507. The molecule has 1 aliphatic rings. The number of rotatable bonds is 4. The zero-order valence-electron chi connectivity index (χ0n) is 16.4. The highest BCUT2D eigenvalue weighted by atomic mass is 16.5. The number of hydrogen-bond donors (Lipinski definition) is 0. The van der Waals surface area contributed by atoms with E-state index in [0.717, 1.165) is 12.0 Å². The number of likely N-dealkylation sites (tertiary alicyclic amines) is 1. The SMILES string of the molecule is N#Cc1cccc(C(=O)N2CC[C@H](n3cc(-c4nc(-c5ccccc5)no4)nn3)C2)c1. The van der Waals surface area contributed by atoms with Gasteiger partial charge in [-0.15, -0.1) is 5.10 Å². The summed E-state index contributed by atoms with van der Waals surface area (Å²) in [6.45, 7) is 1.12. The molecule has 4 aromatic rings. The summed E-state index contributed by atoms with van der Waals surface area (Å²) >= 11 is 0. The molecule has 0 unspecified atom stereocenters. The van der Waals surface area contributed by atoms with Crippen LogP contribution in [0.15, 0.2) is 65.3 Å². The summed E-state index contributed by atoms with van der Waals surface area (Å²) < 4.78 is 7.09. The Labute approximate surface area is 177 Å². The number of benzene rings is 2. The van der Waals surface area contributed by atoms with Gasteiger partial charge in [0.05, 0.1) is 23.9 Å². The van der Waals surface area contributed by atoms with Crippen molar-refractivity contribution in [1.82, 2.24) is 30.0 Å². The van der Waals surface area contributed by atoms with E-state index < -0.39 is 0 Å². The Morgan fingerprint density at radius 1 is 1.16 bits per heavy atom. The summed E-state index contributed by atoms with van der Waals surface area (Å²) in [6, 6.07) is 18.4. The first-order chi connectivity index (χ1) is 15.2. The van der Waals surface area contributed by atoms with Gasteiger partial charge in [-0.1, -0.05) is 46.8 Å². The van der Waals surface area contributed by atoms with Gasteiger partial charge < -0.3 is 9.42 Å². The van der Waals surface area contributed by atoms with Gasteiger partial charge in [0, 0.05) is 24.2 Å². The zero-order valence-corrected chi connectivity index (χ0v) is 16.4. The molecule has 1 atom stereocenters. The maximum atomic E-state index is 12.8. The summed E-state index contributed by atoms with van der Waals surface area (Å²) in [7, 11) is 0. The normalized spacial score (nSPS) is 15.7. The summed E-state index contributed by atoms with van der Waals surface area (Å²) in [5, 5.41) is 21.4. The lowest BCUT2D eigenvalue weighted by molar-refractivity contribution is 0.0787. The monoisotopic (exact) mass is 411 g/mol. The molecule has 1 amide bonds. The van der Waals surface area contributed by atoms with E-state index in [1.165, 1.54) is 0 Å². The molecular weight excluding hydrogens is 394 g/mol. The Balaban J connectivity index is 1.29. The maximum absolute atomic E-state index is 12.8. The van der Waals surface area contributed by atoms with Crippen LogP contribution in [-0.4, -0.2) is 49.0 Å². The molecular formula is C22H17N7O2. The molecule has 9 nitrogen and oxygen atoms in total. The van der Waals surface area contributed by atoms with E-state index in [2.05, 4.69) is 26.5 Å². The lowest BCUT2D eigenvalue weighted by atomic mass is 10.1. The van der Waals surface area contributed by atoms with Gasteiger partial charge in [0.2, 0.25) is 5.82 Å². The third-order valence-electron chi connectivity index (χ3n) is 5.25. The predicted molar refractivity (Wildman–Crippen MR) is 109 cm³/mol. The van der Waals surface area contributed by atoms with Crippen molar-refractivity contribution in [3.63, 3.8) is 0 Å². The van der Waals surface area contributed by atoms with Gasteiger partial charge in [0.25, 0.3) is 11.8 Å². The van der Waals surface area contributed by atoms with E-state index in [9.17, 15) is 4.79 Å². The highest BCUT2D eigenvalue weighted by Crippen LogP contribution is 2.25. The van der Waals surface area contributed by atoms with E-state index in [4.69, 9.17) is 9.78 Å². The fourth-order valence-corrected chi connectivity index (χ4v) is 3.63. The molecule has 5 rings (SSSR count). The van der Waals surface area contributed by atoms with Crippen LogP contribution in [-0.2, 0) is 0 Å². The molecule has 2 aromatic heterocycles. The first kappa shape index (κ1) is 18.7. The average molecular weight is 411 g/mol. The third-order valence-corrected chi connectivity index (χ3v) is 5.25. The molecule has 1 saturated heterocycles. The highest BCUT2D eigenvalue weighted by molar-refractivity contribution is 5.94. The minimum absolute atomic E-state index is 0.000801. The number of hydrogen-bond acceptors (Lipinski definition) is 7. The molecule has 0 N–H and O–H groups in total. The Kier molecular flexibility index (Phi) is 4.72. The summed E-state index contributed by atoms with van der Waals surface area (Å²) in [4.78, 5) is 19.0. The third kappa shape index (κ3) is 3.67. The number of nitriles is 1. The van der Waals surface area contributed by atoms with Crippen LogP contribution in [0.1, 0.15) is 28.4 Å². The van der Waals surface area contributed by atoms with Crippen LogP contribution in [0.2, 0.25) is 0 Å². The van der Waals surface area contributed by atoms with Gasteiger partial charge in [0.1, 0.15) is 0 Å². The summed E-state index contributed by atoms with van der Waals surface area (Å²) in [5.41, 5.74) is 2.33. The predicted octanol–water partition coefficient (Wildman–Crippen LogP) is 2.95. The standard InChI is InChI=1S/C22H17N7O2/c23-12-15-5-4-8-17(11-15)22(30)28-10-9-18(13-28)29-14-19(25-27-29)21-24-20(26-31-21)16-6-2-1-3-7-16/h1-8,11,14,18H,9-10,13H2/t18-/m0/s1. The van der Waals surface area contributed by atoms with E-state index in [1.807, 2.05) is 30.3 Å². The van der Waals surface area contributed by atoms with Crippen molar-refractivity contribution < 1.29 is 9.32 Å². The average Bonchev–Trinajstić information content (AvgIpc) is 3.59. The van der Waals surface area contributed by atoms with Crippen molar-refractivity contribution in [3.05, 3.63) is 71.9 Å². The van der Waals surface area contributed by atoms with Crippen LogP contribution in [0.25, 0.3) is 23.0 Å². The number of amides is 1. The van der Waals surface area contributed by atoms with E-state index >= 15 is 0 Å². The minimum atomic E-state index is -0.0932. The zero-order chi connectivity index (χ0) is 21.2. The molecule has 1 fully saturated rings. The molecule has 2 aromatic carbocycles. The first-order valence-corrected chi connectivity index (χ1v) is 9.82. The summed E-state index contributed by atoms with van der Waals surface area (Å²) in [6.07, 6.45) is 2.52. The van der Waals surface area contributed by atoms with Crippen LogP contribution in [0, 0.1) is 11.3 Å². The molecule has 0 radical (unpaired) electrons. The molecule has 0 spiro atoms. The molecule has 31 heavy (non-hydrogen) atoms. The summed E-state index contributed by atoms with van der Waals surface area (Å²) in [5.74, 6) is 0.691. The van der Waals surface area contributed by atoms with Crippen molar-refractivity contribution >= 4 is 5.91 Å². The van der Waals surface area contributed by atoms with Gasteiger partial charge in [-0.25, -0.2) is 4.68 Å². The molecule has 0 bridgehead atoms. The molecule has 1 aliphatic heterocycles.